The van der Waals surface area contributed by atoms with Gasteiger partial charge >= 0.3 is 0 Å². The highest BCUT2D eigenvalue weighted by molar-refractivity contribution is 7.89. The molecule has 1 aliphatic heterocycles. The first-order chi connectivity index (χ1) is 13.4. The summed E-state index contributed by atoms with van der Waals surface area (Å²) in [5.41, 5.74) is 1.41. The number of benzene rings is 2. The number of sulfonamides is 1. The number of nitrogens with one attached hydrogen (secondary N) is 1. The van der Waals surface area contributed by atoms with Crippen LogP contribution in [0.1, 0.15) is 29.0 Å². The van der Waals surface area contributed by atoms with Gasteiger partial charge < -0.3 is 9.73 Å². The molecular formula is C20H19FN2O4S. The summed E-state index contributed by atoms with van der Waals surface area (Å²) in [7, 11) is -3.50. The van der Waals surface area contributed by atoms with Crippen molar-refractivity contribution < 1.29 is 22.0 Å². The van der Waals surface area contributed by atoms with Crippen molar-refractivity contribution in [3.8, 4) is 0 Å². The van der Waals surface area contributed by atoms with Crippen LogP contribution in [-0.2, 0) is 10.0 Å². The number of amides is 1. The molecule has 1 aliphatic rings. The number of aryl methyl sites for hydroxylation is 1. The molecule has 146 valence electrons. The highest BCUT2D eigenvalue weighted by atomic mass is 32.2. The van der Waals surface area contributed by atoms with Crippen molar-refractivity contribution in [1.29, 1.82) is 0 Å². The Morgan fingerprint density at radius 1 is 1.11 bits per heavy atom. The number of halogens is 1. The Hall–Kier alpha value is -2.71. The molecule has 1 saturated heterocycles. The van der Waals surface area contributed by atoms with E-state index in [1.54, 1.807) is 19.1 Å². The lowest BCUT2D eigenvalue weighted by molar-refractivity contribution is 0.0998. The molecular weight excluding hydrogens is 383 g/mol. The average Bonchev–Trinajstić information content (AvgIpc) is 3.32. The number of rotatable bonds is 4. The van der Waals surface area contributed by atoms with E-state index in [4.69, 9.17) is 4.42 Å². The number of furan rings is 1. The fourth-order valence-corrected chi connectivity index (χ4v) is 4.90. The van der Waals surface area contributed by atoms with Crippen LogP contribution in [0, 0.1) is 12.7 Å². The second-order valence-electron chi connectivity index (χ2n) is 6.79. The van der Waals surface area contributed by atoms with Crippen LogP contribution >= 0.6 is 0 Å². The molecule has 1 aromatic heterocycles. The van der Waals surface area contributed by atoms with E-state index < -0.39 is 21.7 Å². The number of carbonyl (C=O) groups excluding carboxylic acids is 1. The Morgan fingerprint density at radius 2 is 1.79 bits per heavy atom. The second-order valence-corrected chi connectivity index (χ2v) is 8.72. The van der Waals surface area contributed by atoms with E-state index in [0.29, 0.717) is 35.3 Å². The van der Waals surface area contributed by atoms with Crippen LogP contribution in [0.4, 0.5) is 10.1 Å². The minimum Gasteiger partial charge on any atom is -0.451 e. The zero-order valence-corrected chi connectivity index (χ0v) is 16.1. The van der Waals surface area contributed by atoms with E-state index >= 15 is 0 Å². The quantitative estimate of drug-likeness (QED) is 0.717. The third kappa shape index (κ3) is 3.29. The van der Waals surface area contributed by atoms with Gasteiger partial charge in [0.1, 0.15) is 11.4 Å². The van der Waals surface area contributed by atoms with Gasteiger partial charge in [-0.3, -0.25) is 4.79 Å². The lowest BCUT2D eigenvalue weighted by Crippen LogP contribution is -2.27. The predicted octanol–water partition coefficient (Wildman–Crippen LogP) is 3.92. The summed E-state index contributed by atoms with van der Waals surface area (Å²) >= 11 is 0. The van der Waals surface area contributed by atoms with Gasteiger partial charge in [-0.05, 0) is 62.2 Å². The highest BCUT2D eigenvalue weighted by Gasteiger charge is 2.27. The van der Waals surface area contributed by atoms with Crippen molar-refractivity contribution >= 4 is 32.6 Å². The van der Waals surface area contributed by atoms with Gasteiger partial charge in [-0.15, -0.1) is 0 Å². The normalized spacial score (nSPS) is 15.2. The van der Waals surface area contributed by atoms with E-state index in [0.717, 1.165) is 12.8 Å². The molecule has 8 heteroatoms. The molecule has 2 aromatic carbocycles. The molecule has 1 fully saturated rings. The Bertz CT molecular complexity index is 1150. The summed E-state index contributed by atoms with van der Waals surface area (Å²) in [5, 5.41) is 3.23. The maximum absolute atomic E-state index is 13.4. The van der Waals surface area contributed by atoms with Crippen molar-refractivity contribution in [2.24, 2.45) is 0 Å². The van der Waals surface area contributed by atoms with Crippen molar-refractivity contribution in [3.63, 3.8) is 0 Å². The summed E-state index contributed by atoms with van der Waals surface area (Å²) in [5.74, 6) is -0.795. The zero-order chi connectivity index (χ0) is 19.9. The molecule has 0 unspecified atom stereocenters. The van der Waals surface area contributed by atoms with Gasteiger partial charge in [-0.2, -0.15) is 4.31 Å². The predicted molar refractivity (Wildman–Crippen MR) is 103 cm³/mol. The summed E-state index contributed by atoms with van der Waals surface area (Å²) < 4.78 is 45.6. The van der Waals surface area contributed by atoms with Crippen LogP contribution in [0.3, 0.4) is 0 Å². The molecule has 6 nitrogen and oxygen atoms in total. The molecule has 0 saturated carbocycles. The average molecular weight is 402 g/mol. The smallest absolute Gasteiger partial charge is 0.291 e. The fourth-order valence-electron chi connectivity index (χ4n) is 3.39. The standard InChI is InChI=1S/C20H19FN2O4S/c1-13-17-12-14(21)4-9-18(17)27-19(13)20(24)22-15-5-7-16(8-6-15)28(25,26)23-10-2-3-11-23/h4-9,12H,2-3,10-11H2,1H3,(H,22,24). The lowest BCUT2D eigenvalue weighted by Gasteiger charge is -2.15. The van der Waals surface area contributed by atoms with Crippen LogP contribution in [0.25, 0.3) is 11.0 Å². The summed E-state index contributed by atoms with van der Waals surface area (Å²) in [6.07, 6.45) is 1.74. The third-order valence-electron chi connectivity index (χ3n) is 4.92. The first kappa shape index (κ1) is 18.6. The first-order valence-electron chi connectivity index (χ1n) is 8.96. The minimum absolute atomic E-state index is 0.0920. The van der Waals surface area contributed by atoms with Gasteiger partial charge in [0.05, 0.1) is 4.90 Å². The molecule has 1 N–H and O–H groups in total. The van der Waals surface area contributed by atoms with Crippen molar-refractivity contribution in [2.75, 3.05) is 18.4 Å². The molecule has 28 heavy (non-hydrogen) atoms. The van der Waals surface area contributed by atoms with Gasteiger partial charge in [-0.25, -0.2) is 12.8 Å². The Labute approximate surface area is 162 Å². The van der Waals surface area contributed by atoms with Crippen LogP contribution in [0.5, 0.6) is 0 Å². The molecule has 0 bridgehead atoms. The molecule has 1 amide bonds. The maximum atomic E-state index is 13.4. The number of carbonyl (C=O) groups is 1. The molecule has 0 aliphatic carbocycles. The van der Waals surface area contributed by atoms with Gasteiger partial charge in [0.25, 0.3) is 5.91 Å². The molecule has 3 aromatic rings. The van der Waals surface area contributed by atoms with Gasteiger partial charge in [0, 0.05) is 29.7 Å². The largest absolute Gasteiger partial charge is 0.451 e. The fraction of sp³-hybridized carbons (Fsp3) is 0.250. The number of nitrogens with zero attached hydrogens (tertiary/aromatic N) is 1. The van der Waals surface area contributed by atoms with Crippen molar-refractivity contribution in [3.05, 3.63) is 59.6 Å². The Kier molecular flexibility index (Phi) is 4.68. The summed E-state index contributed by atoms with van der Waals surface area (Å²) in [4.78, 5) is 12.8. The van der Waals surface area contributed by atoms with Crippen LogP contribution < -0.4 is 5.32 Å². The minimum atomic E-state index is -3.50. The summed E-state index contributed by atoms with van der Waals surface area (Å²) in [6, 6.07) is 10.1. The number of hydrogen-bond acceptors (Lipinski definition) is 4. The monoisotopic (exact) mass is 402 g/mol. The molecule has 4 rings (SSSR count). The van der Waals surface area contributed by atoms with Gasteiger partial charge in [-0.1, -0.05) is 0 Å². The SMILES string of the molecule is Cc1c(C(=O)Nc2ccc(S(=O)(=O)N3CCCC3)cc2)oc2ccc(F)cc12. The highest BCUT2D eigenvalue weighted by Crippen LogP contribution is 2.27. The topological polar surface area (TPSA) is 79.6 Å². The molecule has 0 radical (unpaired) electrons. The zero-order valence-electron chi connectivity index (χ0n) is 15.2. The lowest BCUT2D eigenvalue weighted by atomic mass is 10.1. The molecule has 0 spiro atoms. The Balaban J connectivity index is 1.55. The number of fused-ring (bicyclic) bond motifs is 1. The van der Waals surface area contributed by atoms with E-state index in [1.165, 1.54) is 34.6 Å². The van der Waals surface area contributed by atoms with Crippen LogP contribution in [-0.4, -0.2) is 31.7 Å². The van der Waals surface area contributed by atoms with Crippen molar-refractivity contribution in [2.45, 2.75) is 24.7 Å². The van der Waals surface area contributed by atoms with E-state index in [2.05, 4.69) is 5.32 Å². The third-order valence-corrected chi connectivity index (χ3v) is 6.83. The van der Waals surface area contributed by atoms with Gasteiger partial charge in [0.15, 0.2) is 5.76 Å². The number of hydrogen-bond donors (Lipinski definition) is 1. The second kappa shape index (κ2) is 7.03. The maximum Gasteiger partial charge on any atom is 0.291 e. The van der Waals surface area contributed by atoms with Crippen molar-refractivity contribution in [1.82, 2.24) is 4.31 Å². The van der Waals surface area contributed by atoms with Crippen LogP contribution in [0.15, 0.2) is 51.8 Å². The molecule has 0 atom stereocenters. The number of anilines is 1. The molecule has 2 heterocycles. The first-order valence-corrected chi connectivity index (χ1v) is 10.4. The van der Waals surface area contributed by atoms with Crippen LogP contribution in [0.2, 0.25) is 0 Å². The Morgan fingerprint density at radius 3 is 2.46 bits per heavy atom. The van der Waals surface area contributed by atoms with E-state index in [-0.39, 0.29) is 10.7 Å². The van der Waals surface area contributed by atoms with Gasteiger partial charge in [0.2, 0.25) is 10.0 Å². The summed E-state index contributed by atoms with van der Waals surface area (Å²) in [6.45, 7) is 2.76. The van der Waals surface area contributed by atoms with E-state index in [1.807, 2.05) is 0 Å². The van der Waals surface area contributed by atoms with E-state index in [9.17, 15) is 17.6 Å².